The number of carbonyl (C=O) groups is 2. The first-order chi connectivity index (χ1) is 12.5. The van der Waals surface area contributed by atoms with Crippen molar-refractivity contribution in [1.29, 1.82) is 0 Å². The molecular formula is C19H20ClN3O3. The van der Waals surface area contributed by atoms with Crippen LogP contribution >= 0.6 is 11.6 Å². The second-order valence-corrected chi connectivity index (χ2v) is 6.65. The largest absolute Gasteiger partial charge is 0.477 e. The Morgan fingerprint density at radius 1 is 1.23 bits per heavy atom. The van der Waals surface area contributed by atoms with Gasteiger partial charge in [-0.2, -0.15) is 0 Å². The number of halogens is 1. The lowest BCUT2D eigenvalue weighted by Crippen LogP contribution is -2.51. The zero-order valence-electron chi connectivity index (χ0n) is 14.4. The molecule has 7 heteroatoms. The topological polar surface area (TPSA) is 75.9 Å². The average Bonchev–Trinajstić information content (AvgIpc) is 2.62. The normalized spacial score (nSPS) is 16.1. The summed E-state index contributed by atoms with van der Waals surface area (Å²) >= 11 is 6.18. The van der Waals surface area contributed by atoms with Gasteiger partial charge in [0.15, 0.2) is 6.10 Å². The third-order valence-corrected chi connectivity index (χ3v) is 4.56. The number of nitrogens with two attached hydrogens (primary N) is 1. The van der Waals surface area contributed by atoms with Crippen molar-refractivity contribution in [1.82, 2.24) is 4.90 Å². The molecule has 26 heavy (non-hydrogen) atoms. The molecule has 2 aromatic rings. The van der Waals surface area contributed by atoms with Gasteiger partial charge in [-0.3, -0.25) is 14.5 Å². The molecule has 2 amide bonds. The zero-order valence-corrected chi connectivity index (χ0v) is 15.1. The molecule has 6 nitrogen and oxygen atoms in total. The van der Waals surface area contributed by atoms with E-state index in [9.17, 15) is 9.59 Å². The highest BCUT2D eigenvalue weighted by atomic mass is 35.5. The van der Waals surface area contributed by atoms with Gasteiger partial charge in [-0.1, -0.05) is 41.9 Å². The molecule has 0 unspecified atom stereocenters. The molecule has 2 aromatic carbocycles. The fourth-order valence-corrected chi connectivity index (χ4v) is 3.10. The molecule has 1 aliphatic rings. The summed E-state index contributed by atoms with van der Waals surface area (Å²) in [6.07, 6.45) is -0.859. The van der Waals surface area contributed by atoms with Crippen LogP contribution in [0.2, 0.25) is 5.02 Å². The Balaban J connectivity index is 1.74. The van der Waals surface area contributed by atoms with Gasteiger partial charge in [-0.15, -0.1) is 0 Å². The molecule has 0 saturated heterocycles. The van der Waals surface area contributed by atoms with Crippen molar-refractivity contribution in [3.8, 4) is 5.75 Å². The number of likely N-dealkylation sites (N-methyl/N-ethyl adjacent to an activating group) is 1. The minimum Gasteiger partial charge on any atom is -0.477 e. The first-order valence-electron chi connectivity index (χ1n) is 8.23. The fourth-order valence-electron chi connectivity index (χ4n) is 2.91. The van der Waals surface area contributed by atoms with E-state index < -0.39 is 12.0 Å². The van der Waals surface area contributed by atoms with E-state index in [0.717, 1.165) is 5.56 Å². The summed E-state index contributed by atoms with van der Waals surface area (Å²) in [6.45, 7) is 0.812. The summed E-state index contributed by atoms with van der Waals surface area (Å²) < 4.78 is 5.59. The summed E-state index contributed by atoms with van der Waals surface area (Å²) in [4.78, 5) is 27.9. The number of benzene rings is 2. The third kappa shape index (κ3) is 3.98. The highest BCUT2D eigenvalue weighted by Gasteiger charge is 2.32. The predicted octanol–water partition coefficient (Wildman–Crippen LogP) is 2.05. The Morgan fingerprint density at radius 2 is 1.92 bits per heavy atom. The van der Waals surface area contributed by atoms with Crippen molar-refractivity contribution in [3.63, 3.8) is 0 Å². The standard InChI is InChI=1S/C19H20ClN3O3/c1-22(10-13-6-2-3-7-14(13)20)12-18(24)23-11-17(19(21)25)26-16-9-5-4-8-15(16)23/h2-9,17H,10-12H2,1H3,(H2,21,25)/t17-/m0/s1. The Labute approximate surface area is 157 Å². The van der Waals surface area contributed by atoms with Gasteiger partial charge >= 0.3 is 0 Å². The van der Waals surface area contributed by atoms with Crippen molar-refractivity contribution in [3.05, 3.63) is 59.1 Å². The van der Waals surface area contributed by atoms with Crippen LogP contribution in [0.5, 0.6) is 5.75 Å². The molecular weight excluding hydrogens is 354 g/mol. The summed E-state index contributed by atoms with van der Waals surface area (Å²) in [7, 11) is 1.85. The van der Waals surface area contributed by atoms with Gasteiger partial charge in [0.2, 0.25) is 5.91 Å². The molecule has 0 spiro atoms. The molecule has 3 rings (SSSR count). The molecule has 136 valence electrons. The number of ether oxygens (including phenoxy) is 1. The molecule has 0 bridgehead atoms. The van der Waals surface area contributed by atoms with Crippen molar-refractivity contribution >= 4 is 29.1 Å². The summed E-state index contributed by atoms with van der Waals surface area (Å²) in [5.41, 5.74) is 6.97. The smallest absolute Gasteiger partial charge is 0.260 e. The highest BCUT2D eigenvalue weighted by molar-refractivity contribution is 6.31. The van der Waals surface area contributed by atoms with Gasteiger partial charge in [-0.05, 0) is 30.8 Å². The molecule has 1 atom stereocenters. The molecule has 0 aliphatic carbocycles. The number of hydrogen-bond donors (Lipinski definition) is 1. The van der Waals surface area contributed by atoms with Crippen LogP contribution in [-0.4, -0.2) is 43.0 Å². The number of para-hydroxylation sites is 2. The van der Waals surface area contributed by atoms with Crippen molar-refractivity contribution in [2.45, 2.75) is 12.6 Å². The van der Waals surface area contributed by atoms with E-state index in [1.807, 2.05) is 42.3 Å². The van der Waals surface area contributed by atoms with Crippen LogP contribution in [0.1, 0.15) is 5.56 Å². The minimum absolute atomic E-state index is 0.102. The molecule has 1 aliphatic heterocycles. The average molecular weight is 374 g/mol. The molecule has 0 fully saturated rings. The summed E-state index contributed by atoms with van der Waals surface area (Å²) in [6, 6.07) is 14.6. The SMILES string of the molecule is CN(CC(=O)N1C[C@@H](C(N)=O)Oc2ccccc21)Cc1ccccc1Cl. The third-order valence-electron chi connectivity index (χ3n) is 4.20. The van der Waals surface area contributed by atoms with Gasteiger partial charge in [0.1, 0.15) is 5.75 Å². The van der Waals surface area contributed by atoms with Crippen molar-refractivity contribution < 1.29 is 14.3 Å². The number of anilines is 1. The zero-order chi connectivity index (χ0) is 18.7. The second-order valence-electron chi connectivity index (χ2n) is 6.24. The van der Waals surface area contributed by atoms with Crippen LogP contribution in [0.4, 0.5) is 5.69 Å². The van der Waals surface area contributed by atoms with E-state index in [1.165, 1.54) is 0 Å². The van der Waals surface area contributed by atoms with Crippen molar-refractivity contribution in [2.24, 2.45) is 5.73 Å². The fraction of sp³-hybridized carbons (Fsp3) is 0.263. The number of fused-ring (bicyclic) bond motifs is 1. The van der Waals surface area contributed by atoms with E-state index in [1.54, 1.807) is 23.1 Å². The maximum absolute atomic E-state index is 12.9. The lowest BCUT2D eigenvalue weighted by molar-refractivity contribution is -0.125. The number of carbonyl (C=O) groups excluding carboxylic acids is 2. The van der Waals surface area contributed by atoms with Crippen LogP contribution in [0.25, 0.3) is 0 Å². The van der Waals surface area contributed by atoms with E-state index >= 15 is 0 Å². The maximum atomic E-state index is 12.9. The Hall–Kier alpha value is -2.57. The number of rotatable bonds is 5. The highest BCUT2D eigenvalue weighted by Crippen LogP contribution is 2.33. The van der Waals surface area contributed by atoms with E-state index in [4.69, 9.17) is 22.1 Å². The predicted molar refractivity (Wildman–Crippen MR) is 100 cm³/mol. The molecule has 0 saturated carbocycles. The van der Waals surface area contributed by atoms with Crippen LogP contribution in [0.15, 0.2) is 48.5 Å². The number of nitrogens with zero attached hydrogens (tertiary/aromatic N) is 2. The van der Waals surface area contributed by atoms with Gasteiger partial charge < -0.3 is 15.4 Å². The minimum atomic E-state index is -0.859. The number of hydrogen-bond acceptors (Lipinski definition) is 4. The first-order valence-corrected chi connectivity index (χ1v) is 8.61. The van der Waals surface area contributed by atoms with Crippen LogP contribution in [-0.2, 0) is 16.1 Å². The quantitative estimate of drug-likeness (QED) is 0.870. The van der Waals surface area contributed by atoms with Crippen molar-refractivity contribution in [2.75, 3.05) is 25.0 Å². The van der Waals surface area contributed by atoms with Crippen LogP contribution < -0.4 is 15.4 Å². The lowest BCUT2D eigenvalue weighted by atomic mass is 10.1. The van der Waals surface area contributed by atoms with Gasteiger partial charge in [0, 0.05) is 11.6 Å². The number of primary amides is 1. The summed E-state index contributed by atoms with van der Waals surface area (Å²) in [5.74, 6) is -0.257. The van der Waals surface area contributed by atoms with E-state index in [2.05, 4.69) is 0 Å². The first kappa shape index (κ1) is 18.2. The second kappa shape index (κ2) is 7.76. The Morgan fingerprint density at radius 3 is 2.65 bits per heavy atom. The Bertz CT molecular complexity index is 827. The van der Waals surface area contributed by atoms with Gasteiger partial charge in [-0.25, -0.2) is 0 Å². The summed E-state index contributed by atoms with van der Waals surface area (Å²) in [5, 5.41) is 0.664. The molecule has 2 N–H and O–H groups in total. The molecule has 0 aromatic heterocycles. The maximum Gasteiger partial charge on any atom is 0.260 e. The van der Waals surface area contributed by atoms with Gasteiger partial charge in [0.05, 0.1) is 18.8 Å². The molecule has 1 heterocycles. The lowest BCUT2D eigenvalue weighted by Gasteiger charge is -2.34. The number of amides is 2. The monoisotopic (exact) mass is 373 g/mol. The van der Waals surface area contributed by atoms with Gasteiger partial charge in [0.25, 0.3) is 5.91 Å². The Kier molecular flexibility index (Phi) is 5.44. The van der Waals surface area contributed by atoms with E-state index in [-0.39, 0.29) is 19.0 Å². The van der Waals surface area contributed by atoms with Crippen LogP contribution in [0, 0.1) is 0 Å². The molecule has 0 radical (unpaired) electrons. The van der Waals surface area contributed by atoms with Crippen LogP contribution in [0.3, 0.4) is 0 Å². The van der Waals surface area contributed by atoms with E-state index in [0.29, 0.717) is 23.0 Å².